The first-order chi connectivity index (χ1) is 9.95. The van der Waals surface area contributed by atoms with Gasteiger partial charge in [0.1, 0.15) is 5.82 Å². The molecule has 0 unspecified atom stereocenters. The SMILES string of the molecule is COC(=O)c1cc(NCCOCCC(C)C)c(F)cc1N. The molecule has 0 atom stereocenters. The third-order valence-electron chi connectivity index (χ3n) is 2.95. The van der Waals surface area contributed by atoms with E-state index in [2.05, 4.69) is 23.9 Å². The van der Waals surface area contributed by atoms with Crippen molar-refractivity contribution in [2.24, 2.45) is 5.92 Å². The van der Waals surface area contributed by atoms with Gasteiger partial charge >= 0.3 is 5.97 Å². The summed E-state index contributed by atoms with van der Waals surface area (Å²) in [6.45, 7) is 5.83. The van der Waals surface area contributed by atoms with Crippen LogP contribution in [0, 0.1) is 11.7 Å². The number of ether oxygens (including phenoxy) is 2. The van der Waals surface area contributed by atoms with E-state index in [4.69, 9.17) is 10.5 Å². The van der Waals surface area contributed by atoms with Gasteiger partial charge in [-0.3, -0.25) is 0 Å². The molecule has 21 heavy (non-hydrogen) atoms. The number of carbonyl (C=O) groups excluding carboxylic acids is 1. The number of nitrogens with two attached hydrogens (primary N) is 1. The number of nitrogens with one attached hydrogen (secondary N) is 1. The van der Waals surface area contributed by atoms with Crippen molar-refractivity contribution >= 4 is 17.3 Å². The van der Waals surface area contributed by atoms with Crippen LogP contribution in [0.4, 0.5) is 15.8 Å². The van der Waals surface area contributed by atoms with Crippen molar-refractivity contribution in [2.45, 2.75) is 20.3 Å². The number of halogens is 1. The van der Waals surface area contributed by atoms with Crippen LogP contribution >= 0.6 is 0 Å². The van der Waals surface area contributed by atoms with Crippen LogP contribution in [0.5, 0.6) is 0 Å². The topological polar surface area (TPSA) is 73.6 Å². The van der Waals surface area contributed by atoms with Gasteiger partial charge in [-0.1, -0.05) is 13.8 Å². The molecule has 1 aromatic rings. The van der Waals surface area contributed by atoms with Crippen molar-refractivity contribution in [3.05, 3.63) is 23.5 Å². The van der Waals surface area contributed by atoms with Crippen LogP contribution in [0.1, 0.15) is 30.6 Å². The number of hydrogen-bond donors (Lipinski definition) is 2. The molecule has 6 heteroatoms. The minimum atomic E-state index is -0.594. The van der Waals surface area contributed by atoms with Gasteiger partial charge in [0.15, 0.2) is 0 Å². The van der Waals surface area contributed by atoms with Gasteiger partial charge in [0.05, 0.1) is 25.0 Å². The van der Waals surface area contributed by atoms with Crippen molar-refractivity contribution in [1.82, 2.24) is 0 Å². The molecule has 0 aromatic heterocycles. The van der Waals surface area contributed by atoms with Crippen molar-refractivity contribution in [3.8, 4) is 0 Å². The molecule has 0 spiro atoms. The second-order valence-electron chi connectivity index (χ2n) is 5.13. The fourth-order valence-corrected chi connectivity index (χ4v) is 1.69. The number of rotatable bonds is 8. The van der Waals surface area contributed by atoms with Gasteiger partial charge < -0.3 is 20.5 Å². The van der Waals surface area contributed by atoms with Gasteiger partial charge in [-0.05, 0) is 24.5 Å². The van der Waals surface area contributed by atoms with Crippen molar-refractivity contribution < 1.29 is 18.7 Å². The van der Waals surface area contributed by atoms with Gasteiger partial charge in [-0.2, -0.15) is 0 Å². The molecule has 0 saturated heterocycles. The summed E-state index contributed by atoms with van der Waals surface area (Å²) in [6, 6.07) is 2.46. The molecule has 0 amide bonds. The van der Waals surface area contributed by atoms with Crippen LogP contribution < -0.4 is 11.1 Å². The Balaban J connectivity index is 2.53. The lowest BCUT2D eigenvalue weighted by Crippen LogP contribution is -2.13. The summed E-state index contributed by atoms with van der Waals surface area (Å²) in [7, 11) is 1.25. The number of nitrogen functional groups attached to an aromatic ring is 1. The molecule has 3 N–H and O–H groups in total. The Morgan fingerprint density at radius 3 is 2.71 bits per heavy atom. The van der Waals surface area contributed by atoms with E-state index in [0.29, 0.717) is 25.7 Å². The Kier molecular flexibility index (Phi) is 6.94. The standard InChI is InChI=1S/C15H23FN2O3/c1-10(2)4-6-21-7-5-18-14-8-11(15(19)20-3)13(17)9-12(14)16/h8-10,18H,4-7,17H2,1-3H3. The van der Waals surface area contributed by atoms with Gasteiger partial charge in [-0.15, -0.1) is 0 Å². The maximum absolute atomic E-state index is 13.7. The zero-order chi connectivity index (χ0) is 15.8. The molecule has 0 aliphatic heterocycles. The van der Waals surface area contributed by atoms with Gasteiger partial charge in [0, 0.05) is 18.8 Å². The van der Waals surface area contributed by atoms with E-state index >= 15 is 0 Å². The summed E-state index contributed by atoms with van der Waals surface area (Å²) in [5.41, 5.74) is 6.00. The summed E-state index contributed by atoms with van der Waals surface area (Å²) >= 11 is 0. The van der Waals surface area contributed by atoms with Gasteiger partial charge in [0.2, 0.25) is 0 Å². The van der Waals surface area contributed by atoms with E-state index in [1.165, 1.54) is 13.2 Å². The summed E-state index contributed by atoms with van der Waals surface area (Å²) < 4.78 is 23.8. The molecule has 0 radical (unpaired) electrons. The molecule has 0 aliphatic carbocycles. The van der Waals surface area contributed by atoms with E-state index < -0.39 is 11.8 Å². The average molecular weight is 298 g/mol. The van der Waals surface area contributed by atoms with Crippen molar-refractivity contribution in [2.75, 3.05) is 37.9 Å². The lowest BCUT2D eigenvalue weighted by Gasteiger charge is -2.11. The predicted molar refractivity (Wildman–Crippen MR) is 80.9 cm³/mol. The molecule has 0 aliphatic rings. The molecule has 118 valence electrons. The Morgan fingerprint density at radius 1 is 1.38 bits per heavy atom. The molecule has 0 fully saturated rings. The second-order valence-corrected chi connectivity index (χ2v) is 5.13. The molecular weight excluding hydrogens is 275 g/mol. The minimum Gasteiger partial charge on any atom is -0.465 e. The number of esters is 1. The van der Waals surface area contributed by atoms with E-state index in [9.17, 15) is 9.18 Å². The summed E-state index contributed by atoms with van der Waals surface area (Å²) in [4.78, 5) is 11.5. The molecular formula is C15H23FN2O3. The Morgan fingerprint density at radius 2 is 2.10 bits per heavy atom. The molecule has 1 rings (SSSR count). The maximum Gasteiger partial charge on any atom is 0.340 e. The summed E-state index contributed by atoms with van der Waals surface area (Å²) in [6.07, 6.45) is 0.989. The van der Waals surface area contributed by atoms with E-state index in [1.54, 1.807) is 0 Å². The highest BCUT2D eigenvalue weighted by Gasteiger charge is 2.14. The van der Waals surface area contributed by atoms with Crippen LogP contribution in [0.3, 0.4) is 0 Å². The lowest BCUT2D eigenvalue weighted by molar-refractivity contribution is 0.0602. The number of anilines is 2. The lowest BCUT2D eigenvalue weighted by atomic mass is 10.1. The molecule has 0 saturated carbocycles. The maximum atomic E-state index is 13.7. The molecule has 5 nitrogen and oxygen atoms in total. The number of hydrogen-bond acceptors (Lipinski definition) is 5. The first kappa shape index (κ1) is 17.2. The highest BCUT2D eigenvalue weighted by atomic mass is 19.1. The number of carbonyl (C=O) groups is 1. The Bertz CT molecular complexity index is 478. The van der Waals surface area contributed by atoms with Crippen LogP contribution in [0.15, 0.2) is 12.1 Å². The Labute approximate surface area is 124 Å². The van der Waals surface area contributed by atoms with Gasteiger partial charge in [-0.25, -0.2) is 9.18 Å². The summed E-state index contributed by atoms with van der Waals surface area (Å²) in [5, 5.41) is 2.88. The molecule has 0 heterocycles. The summed E-state index contributed by atoms with van der Waals surface area (Å²) in [5.74, 6) is -0.513. The monoisotopic (exact) mass is 298 g/mol. The fourth-order valence-electron chi connectivity index (χ4n) is 1.69. The predicted octanol–water partition coefficient (Wildman–Crippen LogP) is 2.67. The second kappa shape index (κ2) is 8.46. The van der Waals surface area contributed by atoms with Crippen LogP contribution in [0.25, 0.3) is 0 Å². The normalized spacial score (nSPS) is 10.7. The van der Waals surface area contributed by atoms with Crippen LogP contribution in [-0.4, -0.2) is 32.8 Å². The molecule has 1 aromatic carbocycles. The van der Waals surface area contributed by atoms with Gasteiger partial charge in [0.25, 0.3) is 0 Å². The van der Waals surface area contributed by atoms with E-state index in [-0.39, 0.29) is 16.9 Å². The fraction of sp³-hybridized carbons (Fsp3) is 0.533. The average Bonchev–Trinajstić information content (AvgIpc) is 2.43. The van der Waals surface area contributed by atoms with Crippen molar-refractivity contribution in [3.63, 3.8) is 0 Å². The third kappa shape index (κ3) is 5.59. The quantitative estimate of drug-likeness (QED) is 0.438. The highest BCUT2D eigenvalue weighted by molar-refractivity contribution is 5.96. The minimum absolute atomic E-state index is 0.0538. The number of benzene rings is 1. The Hall–Kier alpha value is -1.82. The van der Waals surface area contributed by atoms with E-state index in [1.807, 2.05) is 0 Å². The zero-order valence-corrected chi connectivity index (χ0v) is 12.7. The highest BCUT2D eigenvalue weighted by Crippen LogP contribution is 2.22. The smallest absolute Gasteiger partial charge is 0.340 e. The first-order valence-corrected chi connectivity index (χ1v) is 6.94. The first-order valence-electron chi connectivity index (χ1n) is 6.94. The molecule has 0 bridgehead atoms. The zero-order valence-electron chi connectivity index (χ0n) is 12.7. The largest absolute Gasteiger partial charge is 0.465 e. The van der Waals surface area contributed by atoms with Crippen molar-refractivity contribution in [1.29, 1.82) is 0 Å². The van der Waals surface area contributed by atoms with E-state index in [0.717, 1.165) is 12.5 Å². The number of methoxy groups -OCH3 is 1. The third-order valence-corrected chi connectivity index (χ3v) is 2.95. The van der Waals surface area contributed by atoms with Crippen LogP contribution in [-0.2, 0) is 9.47 Å². The van der Waals surface area contributed by atoms with Crippen LogP contribution in [0.2, 0.25) is 0 Å².